The van der Waals surface area contributed by atoms with Crippen molar-refractivity contribution in [3.63, 3.8) is 0 Å². The Hall–Kier alpha value is -1.29. The van der Waals surface area contributed by atoms with Gasteiger partial charge in [-0.05, 0) is 25.0 Å². The van der Waals surface area contributed by atoms with E-state index in [4.69, 9.17) is 16.2 Å². The fourth-order valence-electron chi connectivity index (χ4n) is 1.01. The molecule has 13 heavy (non-hydrogen) atoms. The van der Waals surface area contributed by atoms with Crippen LogP contribution in [0.5, 0.6) is 5.75 Å². The second-order valence-corrected chi connectivity index (χ2v) is 3.57. The van der Waals surface area contributed by atoms with E-state index >= 15 is 0 Å². The average Bonchev–Trinajstić information content (AvgIpc) is 2.84. The Morgan fingerprint density at radius 2 is 2.23 bits per heavy atom. The molecule has 70 valence electrons. The Balaban J connectivity index is 1.91. The van der Waals surface area contributed by atoms with Crippen LogP contribution < -0.4 is 16.2 Å². The summed E-state index contributed by atoms with van der Waals surface area (Å²) in [5.74, 6) is 1.23. The van der Waals surface area contributed by atoms with Crippen LogP contribution in [0.3, 0.4) is 0 Å². The molecule has 1 aliphatic rings. The third-order valence-electron chi connectivity index (χ3n) is 2.18. The quantitative estimate of drug-likeness (QED) is 0.710. The van der Waals surface area contributed by atoms with Crippen LogP contribution >= 0.6 is 0 Å². The van der Waals surface area contributed by atoms with Crippen molar-refractivity contribution in [2.45, 2.75) is 18.4 Å². The minimum absolute atomic E-state index is 0.0820. The molecule has 0 aliphatic heterocycles. The number of rotatable bonds is 3. The molecule has 0 aromatic carbocycles. The fourth-order valence-corrected chi connectivity index (χ4v) is 1.01. The van der Waals surface area contributed by atoms with E-state index in [2.05, 4.69) is 4.98 Å². The molecule has 1 aromatic rings. The van der Waals surface area contributed by atoms with Crippen molar-refractivity contribution in [2.24, 2.45) is 5.73 Å². The number of pyridine rings is 1. The fraction of sp³-hybridized carbons (Fsp3) is 0.444. The first-order valence-electron chi connectivity index (χ1n) is 4.31. The number of aromatic nitrogens is 1. The highest BCUT2D eigenvalue weighted by molar-refractivity contribution is 5.32. The van der Waals surface area contributed by atoms with Gasteiger partial charge in [0.2, 0.25) is 0 Å². The van der Waals surface area contributed by atoms with Crippen LogP contribution in [-0.2, 0) is 0 Å². The lowest BCUT2D eigenvalue weighted by Gasteiger charge is -2.10. The summed E-state index contributed by atoms with van der Waals surface area (Å²) in [5.41, 5.74) is 11.2. The number of hydrogen-bond donors (Lipinski definition) is 2. The number of nitrogen functional groups attached to an aromatic ring is 1. The maximum Gasteiger partial charge on any atom is 0.137 e. The highest BCUT2D eigenvalue weighted by Gasteiger charge is 2.39. The Bertz CT molecular complexity index is 292. The highest BCUT2D eigenvalue weighted by Crippen LogP contribution is 2.32. The minimum atomic E-state index is -0.0820. The number of hydrogen-bond acceptors (Lipinski definition) is 4. The second kappa shape index (κ2) is 2.88. The van der Waals surface area contributed by atoms with E-state index in [1.165, 1.54) is 0 Å². The second-order valence-electron chi connectivity index (χ2n) is 3.57. The topological polar surface area (TPSA) is 74.2 Å². The van der Waals surface area contributed by atoms with E-state index in [0.717, 1.165) is 18.6 Å². The molecule has 2 rings (SSSR count). The van der Waals surface area contributed by atoms with Crippen LogP contribution in [0.25, 0.3) is 0 Å². The lowest BCUT2D eigenvalue weighted by atomic mass is 10.3. The third kappa shape index (κ3) is 2.09. The predicted octanol–water partition coefficient (Wildman–Crippen LogP) is 0.534. The molecule has 0 bridgehead atoms. The molecule has 4 heteroatoms. The molecule has 1 saturated carbocycles. The van der Waals surface area contributed by atoms with Crippen molar-refractivity contribution < 1.29 is 4.74 Å². The van der Waals surface area contributed by atoms with Gasteiger partial charge < -0.3 is 16.2 Å². The molecule has 0 radical (unpaired) electrons. The first-order valence-corrected chi connectivity index (χ1v) is 4.31. The summed E-state index contributed by atoms with van der Waals surface area (Å²) >= 11 is 0. The Labute approximate surface area is 76.9 Å². The monoisotopic (exact) mass is 179 g/mol. The first-order chi connectivity index (χ1) is 6.18. The van der Waals surface area contributed by atoms with Gasteiger partial charge in [-0.25, -0.2) is 4.98 Å². The van der Waals surface area contributed by atoms with Crippen LogP contribution in [-0.4, -0.2) is 17.1 Å². The lowest BCUT2D eigenvalue weighted by Crippen LogP contribution is -2.29. The molecule has 1 aliphatic carbocycles. The largest absolute Gasteiger partial charge is 0.490 e. The highest BCUT2D eigenvalue weighted by atomic mass is 16.5. The van der Waals surface area contributed by atoms with Gasteiger partial charge in [-0.3, -0.25) is 0 Å². The number of ether oxygens (including phenoxy) is 1. The number of nitrogens with zero attached hydrogens (tertiary/aromatic N) is 1. The van der Waals surface area contributed by atoms with E-state index in [0.29, 0.717) is 12.4 Å². The zero-order valence-corrected chi connectivity index (χ0v) is 7.36. The molecular formula is C9H13N3O. The normalized spacial score (nSPS) is 18.2. The average molecular weight is 179 g/mol. The summed E-state index contributed by atoms with van der Waals surface area (Å²) in [6.07, 6.45) is 3.71. The van der Waals surface area contributed by atoms with Gasteiger partial charge in [-0.1, -0.05) is 0 Å². The van der Waals surface area contributed by atoms with Crippen LogP contribution in [0.15, 0.2) is 18.3 Å². The Kier molecular flexibility index (Phi) is 1.84. The van der Waals surface area contributed by atoms with Gasteiger partial charge in [0.25, 0.3) is 0 Å². The molecule has 0 saturated heterocycles. The number of anilines is 1. The van der Waals surface area contributed by atoms with Crippen molar-refractivity contribution in [3.8, 4) is 5.75 Å². The number of nitrogens with two attached hydrogens (primary N) is 2. The maximum absolute atomic E-state index is 5.85. The van der Waals surface area contributed by atoms with Crippen molar-refractivity contribution in [1.29, 1.82) is 0 Å². The molecule has 1 heterocycles. The van der Waals surface area contributed by atoms with E-state index < -0.39 is 0 Å². The Morgan fingerprint density at radius 1 is 1.46 bits per heavy atom. The molecule has 1 fully saturated rings. The van der Waals surface area contributed by atoms with Gasteiger partial charge in [-0.2, -0.15) is 0 Å². The van der Waals surface area contributed by atoms with E-state index in [1.54, 1.807) is 18.3 Å². The summed E-state index contributed by atoms with van der Waals surface area (Å²) in [6.45, 7) is 0.568. The van der Waals surface area contributed by atoms with Crippen LogP contribution in [0.4, 0.5) is 5.82 Å². The predicted molar refractivity (Wildman–Crippen MR) is 50.3 cm³/mol. The zero-order valence-electron chi connectivity index (χ0n) is 7.36. The summed E-state index contributed by atoms with van der Waals surface area (Å²) in [7, 11) is 0. The van der Waals surface area contributed by atoms with Gasteiger partial charge in [0.15, 0.2) is 0 Å². The molecule has 0 spiro atoms. The summed E-state index contributed by atoms with van der Waals surface area (Å²) in [5, 5.41) is 0. The van der Waals surface area contributed by atoms with Crippen LogP contribution in [0.2, 0.25) is 0 Å². The minimum Gasteiger partial charge on any atom is -0.490 e. The molecule has 1 aromatic heterocycles. The van der Waals surface area contributed by atoms with Crippen molar-refractivity contribution in [2.75, 3.05) is 12.3 Å². The van der Waals surface area contributed by atoms with Gasteiger partial charge >= 0.3 is 0 Å². The van der Waals surface area contributed by atoms with Gasteiger partial charge in [0, 0.05) is 0 Å². The first kappa shape index (κ1) is 8.31. The van der Waals surface area contributed by atoms with Crippen molar-refractivity contribution >= 4 is 5.82 Å². The van der Waals surface area contributed by atoms with Crippen molar-refractivity contribution in [3.05, 3.63) is 18.3 Å². The molecule has 0 atom stereocenters. The van der Waals surface area contributed by atoms with Gasteiger partial charge in [0.1, 0.15) is 18.2 Å². The maximum atomic E-state index is 5.85. The molecule has 4 nitrogen and oxygen atoms in total. The Morgan fingerprint density at radius 3 is 2.77 bits per heavy atom. The standard InChI is InChI=1S/C9H13N3O/c10-8-2-1-7(5-12-8)13-6-9(11)3-4-9/h1-2,5H,3-4,6,11H2,(H2,10,12). The third-order valence-corrected chi connectivity index (χ3v) is 2.18. The van der Waals surface area contributed by atoms with Gasteiger partial charge in [0.05, 0.1) is 11.7 Å². The molecule has 4 N–H and O–H groups in total. The van der Waals surface area contributed by atoms with E-state index in [9.17, 15) is 0 Å². The lowest BCUT2D eigenvalue weighted by molar-refractivity contribution is 0.278. The zero-order chi connectivity index (χ0) is 9.31. The van der Waals surface area contributed by atoms with E-state index in [-0.39, 0.29) is 5.54 Å². The van der Waals surface area contributed by atoms with Crippen molar-refractivity contribution in [1.82, 2.24) is 4.98 Å². The smallest absolute Gasteiger partial charge is 0.137 e. The summed E-state index contributed by atoms with van der Waals surface area (Å²) in [4.78, 5) is 3.91. The molecule has 0 amide bonds. The summed E-state index contributed by atoms with van der Waals surface area (Å²) in [6, 6.07) is 3.51. The van der Waals surface area contributed by atoms with Crippen LogP contribution in [0.1, 0.15) is 12.8 Å². The summed E-state index contributed by atoms with van der Waals surface area (Å²) < 4.78 is 5.44. The SMILES string of the molecule is Nc1ccc(OCC2(N)CC2)cn1. The van der Waals surface area contributed by atoms with E-state index in [1.807, 2.05) is 0 Å². The van der Waals surface area contributed by atoms with Gasteiger partial charge in [-0.15, -0.1) is 0 Å². The molecular weight excluding hydrogens is 166 g/mol. The molecule has 0 unspecified atom stereocenters. The van der Waals surface area contributed by atoms with Crippen LogP contribution in [0, 0.1) is 0 Å².